The lowest BCUT2D eigenvalue weighted by Gasteiger charge is -2.31. The number of nitrogens with one attached hydrogen (secondary N) is 1. The summed E-state index contributed by atoms with van der Waals surface area (Å²) in [7, 11) is -2.87. The highest BCUT2D eigenvalue weighted by Crippen LogP contribution is 2.24. The fourth-order valence-corrected chi connectivity index (χ4v) is 2.18. The first-order valence-electron chi connectivity index (χ1n) is 5.46. The predicted molar refractivity (Wildman–Crippen MR) is 65.8 cm³/mol. The maximum atomic E-state index is 11.1. The molecule has 0 aliphatic carbocycles. The highest BCUT2D eigenvalue weighted by Gasteiger charge is 2.23. The van der Waals surface area contributed by atoms with Gasteiger partial charge in [0.15, 0.2) is 0 Å². The summed E-state index contributed by atoms with van der Waals surface area (Å²) < 4.78 is 22.1. The Morgan fingerprint density at radius 3 is 2.00 bits per heavy atom. The molecule has 3 nitrogen and oxygen atoms in total. The molecular weight excluding hydrogens is 210 g/mol. The predicted octanol–water partition coefficient (Wildman–Crippen LogP) is 1.69. The van der Waals surface area contributed by atoms with Gasteiger partial charge in [-0.15, -0.1) is 0 Å². The van der Waals surface area contributed by atoms with Gasteiger partial charge in [-0.05, 0) is 18.3 Å². The highest BCUT2D eigenvalue weighted by atomic mass is 32.2. The number of hydrogen-bond donors (Lipinski definition) is 1. The first-order chi connectivity index (χ1) is 6.54. The van der Waals surface area contributed by atoms with Crippen LogP contribution in [0, 0.1) is 11.3 Å². The van der Waals surface area contributed by atoms with Gasteiger partial charge in [0, 0.05) is 18.8 Å². The van der Waals surface area contributed by atoms with Crippen molar-refractivity contribution >= 4 is 9.84 Å². The van der Waals surface area contributed by atoms with E-state index in [4.69, 9.17) is 0 Å². The van der Waals surface area contributed by atoms with E-state index in [9.17, 15) is 8.42 Å². The molecule has 1 unspecified atom stereocenters. The van der Waals surface area contributed by atoms with Crippen LogP contribution in [-0.2, 0) is 9.84 Å². The third-order valence-corrected chi connectivity index (χ3v) is 4.13. The molecule has 0 radical (unpaired) electrons. The first-order valence-corrected chi connectivity index (χ1v) is 7.52. The molecule has 0 heterocycles. The second-order valence-electron chi connectivity index (χ2n) is 5.52. The minimum Gasteiger partial charge on any atom is -0.313 e. The SMILES string of the molecule is CC(CS(C)(=O)=O)NCC(C)(C)C(C)C. The molecule has 0 aliphatic rings. The average molecular weight is 235 g/mol. The molecule has 4 heteroatoms. The van der Waals surface area contributed by atoms with Crippen molar-refractivity contribution in [1.82, 2.24) is 5.32 Å². The Balaban J connectivity index is 4.07. The van der Waals surface area contributed by atoms with Gasteiger partial charge in [0.25, 0.3) is 0 Å². The molecule has 0 aromatic heterocycles. The molecule has 15 heavy (non-hydrogen) atoms. The van der Waals surface area contributed by atoms with Crippen LogP contribution in [0.25, 0.3) is 0 Å². The zero-order valence-corrected chi connectivity index (χ0v) is 11.6. The zero-order chi connectivity index (χ0) is 12.3. The van der Waals surface area contributed by atoms with E-state index in [0.717, 1.165) is 6.54 Å². The first kappa shape index (κ1) is 14.9. The van der Waals surface area contributed by atoms with Gasteiger partial charge in [0.05, 0.1) is 5.75 Å². The molecule has 1 atom stereocenters. The van der Waals surface area contributed by atoms with E-state index in [0.29, 0.717) is 5.92 Å². The molecule has 0 aromatic rings. The summed E-state index contributed by atoms with van der Waals surface area (Å²) in [5.74, 6) is 0.789. The number of rotatable bonds is 6. The summed E-state index contributed by atoms with van der Waals surface area (Å²) in [6.07, 6.45) is 1.28. The highest BCUT2D eigenvalue weighted by molar-refractivity contribution is 7.90. The molecule has 0 saturated carbocycles. The summed E-state index contributed by atoms with van der Waals surface area (Å²) >= 11 is 0. The van der Waals surface area contributed by atoms with E-state index in [2.05, 4.69) is 33.0 Å². The minimum absolute atomic E-state index is 0.0259. The fourth-order valence-electron chi connectivity index (χ4n) is 1.15. The third kappa shape index (κ3) is 6.90. The van der Waals surface area contributed by atoms with Crippen LogP contribution in [0.3, 0.4) is 0 Å². The van der Waals surface area contributed by atoms with Crippen molar-refractivity contribution in [1.29, 1.82) is 0 Å². The maximum Gasteiger partial charge on any atom is 0.148 e. The number of sulfone groups is 1. The van der Waals surface area contributed by atoms with Gasteiger partial charge in [0.2, 0.25) is 0 Å². The van der Waals surface area contributed by atoms with E-state index < -0.39 is 9.84 Å². The van der Waals surface area contributed by atoms with Gasteiger partial charge < -0.3 is 5.32 Å². The average Bonchev–Trinajstić information content (AvgIpc) is 1.97. The fraction of sp³-hybridized carbons (Fsp3) is 1.00. The molecule has 0 aromatic carbocycles. The molecule has 0 aliphatic heterocycles. The van der Waals surface area contributed by atoms with E-state index in [-0.39, 0.29) is 17.2 Å². The summed E-state index contributed by atoms with van der Waals surface area (Å²) in [6.45, 7) is 11.5. The molecule has 0 bridgehead atoms. The molecule has 0 rings (SSSR count). The van der Waals surface area contributed by atoms with Crippen molar-refractivity contribution in [2.24, 2.45) is 11.3 Å². The van der Waals surface area contributed by atoms with Crippen LogP contribution in [0.1, 0.15) is 34.6 Å². The normalized spacial score (nSPS) is 15.7. The molecule has 1 N–H and O–H groups in total. The standard InChI is InChI=1S/C11H25NO2S/c1-9(2)11(4,5)8-12-10(3)7-15(6,13)14/h9-10,12H,7-8H2,1-6H3. The van der Waals surface area contributed by atoms with Crippen molar-refractivity contribution in [3.8, 4) is 0 Å². The van der Waals surface area contributed by atoms with Crippen molar-refractivity contribution in [3.63, 3.8) is 0 Å². The van der Waals surface area contributed by atoms with Crippen LogP contribution in [0.15, 0.2) is 0 Å². The second kappa shape index (κ2) is 5.30. The monoisotopic (exact) mass is 235 g/mol. The lowest BCUT2D eigenvalue weighted by Crippen LogP contribution is -2.40. The Kier molecular flexibility index (Phi) is 5.27. The van der Waals surface area contributed by atoms with Gasteiger partial charge in [0.1, 0.15) is 9.84 Å². The van der Waals surface area contributed by atoms with Crippen molar-refractivity contribution in [2.75, 3.05) is 18.6 Å². The van der Waals surface area contributed by atoms with E-state index >= 15 is 0 Å². The minimum atomic E-state index is -2.87. The second-order valence-corrected chi connectivity index (χ2v) is 7.70. The van der Waals surface area contributed by atoms with Crippen LogP contribution in [-0.4, -0.2) is 33.0 Å². The largest absolute Gasteiger partial charge is 0.313 e. The van der Waals surface area contributed by atoms with E-state index in [1.165, 1.54) is 6.26 Å². The van der Waals surface area contributed by atoms with Gasteiger partial charge >= 0.3 is 0 Å². The lowest BCUT2D eigenvalue weighted by molar-refractivity contribution is 0.232. The lowest BCUT2D eigenvalue weighted by atomic mass is 9.81. The summed E-state index contributed by atoms with van der Waals surface area (Å²) in [4.78, 5) is 0. The smallest absolute Gasteiger partial charge is 0.148 e. The molecule has 0 amide bonds. The molecule has 92 valence electrons. The van der Waals surface area contributed by atoms with E-state index in [1.54, 1.807) is 0 Å². The van der Waals surface area contributed by atoms with Crippen LogP contribution in [0.2, 0.25) is 0 Å². The van der Waals surface area contributed by atoms with Crippen LogP contribution in [0.5, 0.6) is 0 Å². The molecule has 0 saturated heterocycles. The van der Waals surface area contributed by atoms with Crippen LogP contribution in [0.4, 0.5) is 0 Å². The van der Waals surface area contributed by atoms with Crippen LogP contribution < -0.4 is 5.32 Å². The summed E-state index contributed by atoms with van der Waals surface area (Å²) in [6, 6.07) is 0.0259. The van der Waals surface area contributed by atoms with Gasteiger partial charge in [-0.1, -0.05) is 27.7 Å². The topological polar surface area (TPSA) is 46.2 Å². The van der Waals surface area contributed by atoms with Crippen molar-refractivity contribution < 1.29 is 8.42 Å². The third-order valence-electron chi connectivity index (χ3n) is 3.02. The molecule has 0 spiro atoms. The Morgan fingerprint density at radius 1 is 1.20 bits per heavy atom. The Morgan fingerprint density at radius 2 is 1.67 bits per heavy atom. The summed E-state index contributed by atoms with van der Waals surface area (Å²) in [5, 5.41) is 3.28. The quantitative estimate of drug-likeness (QED) is 0.762. The molecular formula is C11H25NO2S. The Labute approximate surface area is 94.6 Å². The van der Waals surface area contributed by atoms with Gasteiger partial charge in [-0.25, -0.2) is 8.42 Å². The van der Waals surface area contributed by atoms with Crippen LogP contribution >= 0.6 is 0 Å². The van der Waals surface area contributed by atoms with Gasteiger partial charge in [-0.2, -0.15) is 0 Å². The van der Waals surface area contributed by atoms with Gasteiger partial charge in [-0.3, -0.25) is 0 Å². The Hall–Kier alpha value is -0.0900. The van der Waals surface area contributed by atoms with E-state index in [1.807, 2.05) is 6.92 Å². The number of hydrogen-bond acceptors (Lipinski definition) is 3. The summed E-state index contributed by atoms with van der Waals surface area (Å²) in [5.41, 5.74) is 0.200. The molecule has 0 fully saturated rings. The maximum absolute atomic E-state index is 11.1. The van der Waals surface area contributed by atoms with Crippen molar-refractivity contribution in [2.45, 2.75) is 40.7 Å². The Bertz CT molecular complexity index is 281. The zero-order valence-electron chi connectivity index (χ0n) is 10.8. The van der Waals surface area contributed by atoms with Crippen molar-refractivity contribution in [3.05, 3.63) is 0 Å².